The van der Waals surface area contributed by atoms with Crippen LogP contribution in [0.4, 0.5) is 5.69 Å². The van der Waals surface area contributed by atoms with Gasteiger partial charge in [-0.25, -0.2) is 0 Å². The van der Waals surface area contributed by atoms with Gasteiger partial charge < -0.3 is 10.6 Å². The number of carbonyl (C=O) groups is 1. The molecule has 0 saturated heterocycles. The lowest BCUT2D eigenvalue weighted by Crippen LogP contribution is -2.30. The monoisotopic (exact) mass is 220 g/mol. The van der Waals surface area contributed by atoms with Crippen molar-refractivity contribution >= 4 is 11.6 Å². The molecule has 3 nitrogen and oxygen atoms in total. The molecule has 2 N–H and O–H groups in total. The summed E-state index contributed by atoms with van der Waals surface area (Å²) in [6.07, 6.45) is 0.846. The van der Waals surface area contributed by atoms with E-state index in [1.165, 1.54) is 5.56 Å². The summed E-state index contributed by atoms with van der Waals surface area (Å²) in [5, 5.41) is 5.96. The molecule has 88 valence electrons. The summed E-state index contributed by atoms with van der Waals surface area (Å²) in [5.41, 5.74) is 2.06. The Kier molecular flexibility index (Phi) is 4.99. The van der Waals surface area contributed by atoms with Gasteiger partial charge in [-0.15, -0.1) is 0 Å². The first kappa shape index (κ1) is 12.7. The summed E-state index contributed by atoms with van der Waals surface area (Å²) in [7, 11) is 1.86. The van der Waals surface area contributed by atoms with Gasteiger partial charge in [-0.3, -0.25) is 4.79 Å². The quantitative estimate of drug-likeness (QED) is 0.798. The van der Waals surface area contributed by atoms with Crippen LogP contribution in [0.1, 0.15) is 18.9 Å². The van der Waals surface area contributed by atoms with E-state index in [-0.39, 0.29) is 11.8 Å². The maximum Gasteiger partial charge on any atom is 0.228 e. The summed E-state index contributed by atoms with van der Waals surface area (Å²) in [6.45, 7) is 4.77. The van der Waals surface area contributed by atoms with Crippen molar-refractivity contribution in [2.75, 3.05) is 18.9 Å². The Balaban J connectivity index is 2.59. The first-order valence-electron chi connectivity index (χ1n) is 5.69. The number of carbonyl (C=O) groups excluding carboxylic acids is 1. The van der Waals surface area contributed by atoms with Crippen LogP contribution < -0.4 is 10.6 Å². The fraction of sp³-hybridized carbons (Fsp3) is 0.462. The summed E-state index contributed by atoms with van der Waals surface area (Å²) in [5.74, 6) is 0.118. The van der Waals surface area contributed by atoms with Gasteiger partial charge in [0.25, 0.3) is 0 Å². The van der Waals surface area contributed by atoms with Crippen LogP contribution in [-0.2, 0) is 4.79 Å². The molecule has 0 aromatic heterocycles. The van der Waals surface area contributed by atoms with Gasteiger partial charge in [0.15, 0.2) is 0 Å². The number of benzene rings is 1. The number of rotatable bonds is 5. The molecular weight excluding hydrogens is 200 g/mol. The minimum atomic E-state index is 0.0336. The number of aryl methyl sites for hydroxylation is 1. The van der Waals surface area contributed by atoms with Gasteiger partial charge in [0, 0.05) is 12.2 Å². The van der Waals surface area contributed by atoms with Gasteiger partial charge in [-0.1, -0.05) is 24.6 Å². The van der Waals surface area contributed by atoms with Gasteiger partial charge >= 0.3 is 0 Å². The highest BCUT2D eigenvalue weighted by Crippen LogP contribution is 2.11. The van der Waals surface area contributed by atoms with Gasteiger partial charge in [-0.2, -0.15) is 0 Å². The normalized spacial score (nSPS) is 12.2. The highest BCUT2D eigenvalue weighted by molar-refractivity contribution is 5.92. The predicted molar refractivity (Wildman–Crippen MR) is 67.5 cm³/mol. The molecule has 0 radical (unpaired) electrons. The van der Waals surface area contributed by atoms with Gasteiger partial charge in [0.05, 0.1) is 5.92 Å². The Morgan fingerprint density at radius 2 is 1.94 bits per heavy atom. The minimum Gasteiger partial charge on any atom is -0.326 e. The molecule has 0 bridgehead atoms. The minimum absolute atomic E-state index is 0.0336. The molecule has 0 aliphatic heterocycles. The first-order valence-corrected chi connectivity index (χ1v) is 5.69. The summed E-state index contributed by atoms with van der Waals surface area (Å²) in [4.78, 5) is 11.9. The number of hydrogen-bond donors (Lipinski definition) is 2. The average molecular weight is 220 g/mol. The van der Waals surface area contributed by atoms with Crippen molar-refractivity contribution in [1.82, 2.24) is 5.32 Å². The number of anilines is 1. The molecule has 1 aromatic rings. The Bertz CT molecular complexity index is 332. The maximum atomic E-state index is 11.9. The fourth-order valence-electron chi connectivity index (χ4n) is 1.55. The van der Waals surface area contributed by atoms with Crippen molar-refractivity contribution < 1.29 is 4.79 Å². The second-order valence-electron chi connectivity index (χ2n) is 4.02. The Morgan fingerprint density at radius 3 is 2.44 bits per heavy atom. The predicted octanol–water partition coefficient (Wildman–Crippen LogP) is 2.18. The van der Waals surface area contributed by atoms with E-state index in [1.54, 1.807) is 0 Å². The zero-order valence-electron chi connectivity index (χ0n) is 10.2. The van der Waals surface area contributed by atoms with Crippen molar-refractivity contribution in [3.8, 4) is 0 Å². The topological polar surface area (TPSA) is 41.1 Å². The molecule has 0 fully saturated rings. The van der Waals surface area contributed by atoms with Crippen LogP contribution in [0.2, 0.25) is 0 Å². The van der Waals surface area contributed by atoms with Crippen molar-refractivity contribution in [3.05, 3.63) is 29.8 Å². The maximum absolute atomic E-state index is 11.9. The standard InChI is InChI=1S/C13H20N2O/c1-4-11(9-14-3)13(16)15-12-7-5-10(2)6-8-12/h5-8,11,14H,4,9H2,1-3H3,(H,15,16). The van der Waals surface area contributed by atoms with Gasteiger partial charge in [-0.05, 0) is 32.5 Å². The Morgan fingerprint density at radius 1 is 1.31 bits per heavy atom. The highest BCUT2D eigenvalue weighted by atomic mass is 16.1. The molecule has 0 heterocycles. The summed E-state index contributed by atoms with van der Waals surface area (Å²) < 4.78 is 0. The van der Waals surface area contributed by atoms with E-state index in [2.05, 4.69) is 10.6 Å². The molecule has 1 amide bonds. The molecule has 3 heteroatoms. The van der Waals surface area contributed by atoms with Gasteiger partial charge in [0.1, 0.15) is 0 Å². The third-order valence-electron chi connectivity index (χ3n) is 2.63. The van der Waals surface area contributed by atoms with Crippen molar-refractivity contribution in [2.45, 2.75) is 20.3 Å². The van der Waals surface area contributed by atoms with Crippen LogP contribution in [0.5, 0.6) is 0 Å². The lowest BCUT2D eigenvalue weighted by molar-refractivity contribution is -0.119. The van der Waals surface area contributed by atoms with Crippen LogP contribution in [0, 0.1) is 12.8 Å². The van der Waals surface area contributed by atoms with E-state index >= 15 is 0 Å². The van der Waals surface area contributed by atoms with Crippen molar-refractivity contribution in [2.24, 2.45) is 5.92 Å². The van der Waals surface area contributed by atoms with Crippen LogP contribution in [-0.4, -0.2) is 19.5 Å². The Hall–Kier alpha value is -1.35. The average Bonchev–Trinajstić information content (AvgIpc) is 2.29. The third-order valence-corrected chi connectivity index (χ3v) is 2.63. The smallest absolute Gasteiger partial charge is 0.228 e. The van der Waals surface area contributed by atoms with Gasteiger partial charge in [0.2, 0.25) is 5.91 Å². The zero-order chi connectivity index (χ0) is 12.0. The third kappa shape index (κ3) is 3.66. The van der Waals surface area contributed by atoms with Crippen LogP contribution >= 0.6 is 0 Å². The molecule has 0 saturated carbocycles. The highest BCUT2D eigenvalue weighted by Gasteiger charge is 2.15. The number of hydrogen-bond acceptors (Lipinski definition) is 2. The molecular formula is C13H20N2O. The van der Waals surface area contributed by atoms with Crippen LogP contribution in [0.3, 0.4) is 0 Å². The molecule has 0 aliphatic carbocycles. The second-order valence-corrected chi connectivity index (χ2v) is 4.02. The largest absolute Gasteiger partial charge is 0.326 e. The Labute approximate surface area is 97.2 Å². The number of amides is 1. The van der Waals surface area contributed by atoms with Crippen LogP contribution in [0.15, 0.2) is 24.3 Å². The van der Waals surface area contributed by atoms with Crippen molar-refractivity contribution in [3.63, 3.8) is 0 Å². The first-order chi connectivity index (χ1) is 7.67. The second kappa shape index (κ2) is 6.28. The lowest BCUT2D eigenvalue weighted by Gasteiger charge is -2.14. The van der Waals surface area contributed by atoms with E-state index in [0.29, 0.717) is 6.54 Å². The number of nitrogens with one attached hydrogen (secondary N) is 2. The SMILES string of the molecule is CCC(CNC)C(=O)Nc1ccc(C)cc1. The van der Waals surface area contributed by atoms with E-state index in [4.69, 9.17) is 0 Å². The van der Waals surface area contributed by atoms with E-state index in [0.717, 1.165) is 12.1 Å². The van der Waals surface area contributed by atoms with Crippen LogP contribution in [0.25, 0.3) is 0 Å². The molecule has 0 spiro atoms. The fourth-order valence-corrected chi connectivity index (χ4v) is 1.55. The van der Waals surface area contributed by atoms with E-state index in [1.807, 2.05) is 45.2 Å². The van der Waals surface area contributed by atoms with E-state index in [9.17, 15) is 4.79 Å². The van der Waals surface area contributed by atoms with E-state index < -0.39 is 0 Å². The van der Waals surface area contributed by atoms with Crippen molar-refractivity contribution in [1.29, 1.82) is 0 Å². The molecule has 16 heavy (non-hydrogen) atoms. The summed E-state index contributed by atoms with van der Waals surface area (Å²) in [6, 6.07) is 7.85. The zero-order valence-corrected chi connectivity index (χ0v) is 10.2. The molecule has 0 aliphatic rings. The molecule has 1 unspecified atom stereocenters. The molecule has 1 atom stereocenters. The molecule has 1 aromatic carbocycles. The molecule has 1 rings (SSSR count). The summed E-state index contributed by atoms with van der Waals surface area (Å²) >= 11 is 0. The lowest BCUT2D eigenvalue weighted by atomic mass is 10.1.